The number of allylic oxidation sites excluding steroid dienone is 3. The van der Waals surface area contributed by atoms with Crippen molar-refractivity contribution in [3.8, 4) is 0 Å². The fourth-order valence-electron chi connectivity index (χ4n) is 14.2. The van der Waals surface area contributed by atoms with Gasteiger partial charge in [-0.2, -0.15) is 0 Å². The second-order valence-corrected chi connectivity index (χ2v) is 19.7. The molecule has 51 heavy (non-hydrogen) atoms. The first-order chi connectivity index (χ1) is 24.0. The summed E-state index contributed by atoms with van der Waals surface area (Å²) in [5.41, 5.74) is 4.78. The number of amides is 1. The lowest BCUT2D eigenvalue weighted by Gasteiger charge is -2.72. The van der Waals surface area contributed by atoms with Crippen LogP contribution in [0.2, 0.25) is 0 Å². The summed E-state index contributed by atoms with van der Waals surface area (Å²) in [5, 5.41) is 13.3. The van der Waals surface area contributed by atoms with Gasteiger partial charge in [0.25, 0.3) is 0 Å². The van der Waals surface area contributed by atoms with Crippen molar-refractivity contribution in [1.29, 1.82) is 0 Å². The molecule has 0 aromatic heterocycles. The quantitative estimate of drug-likeness (QED) is 0.279. The molecule has 1 aromatic carbocycles. The number of hydrogen-bond donors (Lipinski definition) is 2. The normalized spacial score (nSPS) is 40.7. The smallest absolute Gasteiger partial charge is 0.335 e. The summed E-state index contributed by atoms with van der Waals surface area (Å²) in [4.78, 5) is 30.4. The largest absolute Gasteiger partial charge is 0.478 e. The molecule has 1 amide bonds. The first kappa shape index (κ1) is 36.9. The van der Waals surface area contributed by atoms with Gasteiger partial charge in [0.15, 0.2) is 0 Å². The molecular formula is C45H67N3O3. The van der Waals surface area contributed by atoms with Gasteiger partial charge in [-0.1, -0.05) is 65.0 Å². The van der Waals surface area contributed by atoms with E-state index in [9.17, 15) is 14.7 Å². The van der Waals surface area contributed by atoms with Gasteiger partial charge in [0.1, 0.15) is 0 Å². The van der Waals surface area contributed by atoms with E-state index in [1.54, 1.807) is 12.1 Å². The van der Waals surface area contributed by atoms with Crippen LogP contribution in [0, 0.1) is 51.2 Å². The van der Waals surface area contributed by atoms with Gasteiger partial charge in [0.05, 0.1) is 12.1 Å². The Balaban J connectivity index is 1.14. The molecule has 0 radical (unpaired) electrons. The number of benzene rings is 1. The number of carboxylic acid groups (broad SMARTS) is 1. The molecule has 6 aliphatic rings. The molecule has 0 spiro atoms. The van der Waals surface area contributed by atoms with Gasteiger partial charge in [0, 0.05) is 37.8 Å². The van der Waals surface area contributed by atoms with Gasteiger partial charge in [-0.15, -0.1) is 0 Å². The molecule has 7 rings (SSSR count). The molecule has 1 aromatic rings. The zero-order valence-electron chi connectivity index (χ0n) is 33.1. The van der Waals surface area contributed by atoms with Gasteiger partial charge in [-0.25, -0.2) is 4.79 Å². The van der Waals surface area contributed by atoms with E-state index in [0.29, 0.717) is 47.7 Å². The molecule has 5 aliphatic carbocycles. The summed E-state index contributed by atoms with van der Waals surface area (Å²) in [7, 11) is 0. The fraction of sp³-hybridized carbons (Fsp3) is 0.733. The Morgan fingerprint density at radius 3 is 2.20 bits per heavy atom. The summed E-state index contributed by atoms with van der Waals surface area (Å²) < 4.78 is 0. The van der Waals surface area contributed by atoms with Crippen molar-refractivity contribution in [2.75, 3.05) is 32.7 Å². The third kappa shape index (κ3) is 5.70. The SMILES string of the molecule is C=C(C)[C@@H]1CC[C@]2(NC(=O)CN3CCN(C(C)C)CC3)CC[C@]3(C)[C@H](CC[C@@H]4[C@@]5(C)CC=C(c6ccc(C(=O)O)cc6)C(C)(C)[C@@H]5CC[C@]43C)[C@@H]12. The van der Waals surface area contributed by atoms with Crippen molar-refractivity contribution in [1.82, 2.24) is 15.1 Å². The predicted molar refractivity (Wildman–Crippen MR) is 207 cm³/mol. The number of fused-ring (bicyclic) bond motifs is 7. The highest BCUT2D eigenvalue weighted by atomic mass is 16.4. The third-order valence-electron chi connectivity index (χ3n) is 17.0. The Morgan fingerprint density at radius 1 is 0.882 bits per heavy atom. The molecule has 1 aliphatic heterocycles. The maximum atomic E-state index is 14.0. The van der Waals surface area contributed by atoms with Crippen LogP contribution >= 0.6 is 0 Å². The van der Waals surface area contributed by atoms with Crippen molar-refractivity contribution in [3.05, 3.63) is 53.6 Å². The van der Waals surface area contributed by atoms with Gasteiger partial charge < -0.3 is 10.4 Å². The average Bonchev–Trinajstić information content (AvgIpc) is 3.44. The van der Waals surface area contributed by atoms with E-state index in [1.807, 2.05) is 12.1 Å². The first-order valence-corrected chi connectivity index (χ1v) is 20.4. The molecule has 2 N–H and O–H groups in total. The Bertz CT molecular complexity index is 1570. The van der Waals surface area contributed by atoms with Crippen LogP contribution in [-0.4, -0.2) is 71.1 Å². The number of carbonyl (C=O) groups excluding carboxylic acids is 1. The number of nitrogens with zero attached hydrogens (tertiary/aromatic N) is 2. The molecule has 5 fully saturated rings. The molecule has 280 valence electrons. The number of carboxylic acids is 1. The fourth-order valence-corrected chi connectivity index (χ4v) is 14.2. The molecule has 1 heterocycles. The lowest BCUT2D eigenvalue weighted by molar-refractivity contribution is -0.219. The zero-order chi connectivity index (χ0) is 36.7. The second-order valence-electron chi connectivity index (χ2n) is 19.7. The number of nitrogens with one attached hydrogen (secondary N) is 1. The highest BCUT2D eigenvalue weighted by Crippen LogP contribution is 2.76. The molecule has 0 bridgehead atoms. The van der Waals surface area contributed by atoms with Crippen LogP contribution in [0.3, 0.4) is 0 Å². The van der Waals surface area contributed by atoms with Crippen molar-refractivity contribution < 1.29 is 14.7 Å². The van der Waals surface area contributed by atoms with Crippen LogP contribution < -0.4 is 5.32 Å². The molecule has 9 atom stereocenters. The molecule has 4 saturated carbocycles. The monoisotopic (exact) mass is 698 g/mol. The second kappa shape index (κ2) is 12.9. The molecule has 1 saturated heterocycles. The van der Waals surface area contributed by atoms with Crippen molar-refractivity contribution in [3.63, 3.8) is 0 Å². The Labute approximate surface area is 308 Å². The average molecular weight is 698 g/mol. The van der Waals surface area contributed by atoms with Gasteiger partial charge in [-0.3, -0.25) is 14.6 Å². The van der Waals surface area contributed by atoms with Gasteiger partial charge in [-0.05, 0) is 153 Å². The van der Waals surface area contributed by atoms with Gasteiger partial charge >= 0.3 is 5.97 Å². The van der Waals surface area contributed by atoms with Crippen LogP contribution in [0.1, 0.15) is 129 Å². The highest BCUT2D eigenvalue weighted by molar-refractivity contribution is 5.88. The maximum absolute atomic E-state index is 14.0. The topological polar surface area (TPSA) is 72.9 Å². The van der Waals surface area contributed by atoms with Crippen molar-refractivity contribution in [2.45, 2.75) is 125 Å². The highest BCUT2D eigenvalue weighted by Gasteiger charge is 2.70. The van der Waals surface area contributed by atoms with E-state index in [2.05, 4.69) is 83.2 Å². The van der Waals surface area contributed by atoms with E-state index < -0.39 is 5.97 Å². The minimum atomic E-state index is -0.869. The Kier molecular flexibility index (Phi) is 9.30. The first-order valence-electron chi connectivity index (χ1n) is 20.4. The molecule has 6 heteroatoms. The summed E-state index contributed by atoms with van der Waals surface area (Å²) in [6.45, 7) is 28.9. The molecule has 6 nitrogen and oxygen atoms in total. The lowest BCUT2D eigenvalue weighted by atomic mass is 9.33. The minimum Gasteiger partial charge on any atom is -0.478 e. The Hall–Kier alpha value is -2.44. The van der Waals surface area contributed by atoms with Crippen LogP contribution in [0.5, 0.6) is 0 Å². The van der Waals surface area contributed by atoms with Crippen molar-refractivity contribution >= 4 is 17.4 Å². The van der Waals surface area contributed by atoms with Crippen molar-refractivity contribution in [2.24, 2.45) is 51.2 Å². The summed E-state index contributed by atoms with van der Waals surface area (Å²) in [5.74, 6) is 2.11. The maximum Gasteiger partial charge on any atom is 0.335 e. The van der Waals surface area contributed by atoms with E-state index in [-0.39, 0.29) is 33.1 Å². The number of piperazine rings is 1. The molecule has 0 unspecified atom stereocenters. The standard InChI is InChI=1S/C45H67N3O3/c1-29(2)33-16-21-45(46-38(49)28-47-24-26-48(27-25-47)30(3)4)23-22-43(8)35(39(33)45)14-15-37-42(7)19-17-34(31-10-12-32(13-11-31)40(50)51)41(5,6)36(42)18-20-44(37,43)9/h10-13,17,30,33,35-37,39H,1,14-16,18-28H2,2-9H3,(H,46,49)(H,50,51)/t33-,35+,36-,37+,39+,42-,43+,44+,45-/m0/s1. The number of carbonyl (C=O) groups is 2. The Morgan fingerprint density at radius 2 is 1.57 bits per heavy atom. The van der Waals surface area contributed by atoms with Crippen LogP contribution in [0.4, 0.5) is 0 Å². The molecular weight excluding hydrogens is 631 g/mol. The third-order valence-corrected chi connectivity index (χ3v) is 17.0. The van der Waals surface area contributed by atoms with E-state index >= 15 is 0 Å². The number of rotatable bonds is 7. The number of aromatic carboxylic acids is 1. The van der Waals surface area contributed by atoms with E-state index in [4.69, 9.17) is 0 Å². The van der Waals surface area contributed by atoms with Crippen LogP contribution in [-0.2, 0) is 4.79 Å². The summed E-state index contributed by atoms with van der Waals surface area (Å²) >= 11 is 0. The summed E-state index contributed by atoms with van der Waals surface area (Å²) in [6.07, 6.45) is 13.1. The number of hydrogen-bond acceptors (Lipinski definition) is 4. The minimum absolute atomic E-state index is 0.000749. The summed E-state index contributed by atoms with van der Waals surface area (Å²) in [6, 6.07) is 8.15. The van der Waals surface area contributed by atoms with E-state index in [0.717, 1.165) is 51.9 Å². The zero-order valence-corrected chi connectivity index (χ0v) is 33.1. The predicted octanol–water partition coefficient (Wildman–Crippen LogP) is 8.93. The van der Waals surface area contributed by atoms with Gasteiger partial charge in [0.2, 0.25) is 5.91 Å². The lowest BCUT2D eigenvalue weighted by Crippen LogP contribution is -2.68. The van der Waals surface area contributed by atoms with Crippen LogP contribution in [0.15, 0.2) is 42.5 Å². The van der Waals surface area contributed by atoms with Crippen LogP contribution in [0.25, 0.3) is 5.57 Å². The van der Waals surface area contributed by atoms with E-state index in [1.165, 1.54) is 48.8 Å².